The van der Waals surface area contributed by atoms with Crippen LogP contribution < -0.4 is 0 Å². The molecule has 1 heteroatoms. The molecule has 0 aromatic heterocycles. The molecule has 1 nitrogen and oxygen atoms in total. The Kier molecular flexibility index (Phi) is 2.03. The largest absolute Gasteiger partial charge is 0.299 e. The van der Waals surface area contributed by atoms with E-state index in [1.54, 1.807) is 0 Å². The number of Topliss-reactive ketones (excluding diaryl/α,β-unsaturated/α-hetero) is 1. The third-order valence-corrected chi connectivity index (χ3v) is 3.26. The van der Waals surface area contributed by atoms with Crippen LogP contribution in [0.1, 0.15) is 32.6 Å². The van der Waals surface area contributed by atoms with E-state index in [0.29, 0.717) is 23.5 Å². The van der Waals surface area contributed by atoms with Crippen LogP contribution in [0, 0.1) is 17.8 Å². The molecule has 0 bridgehead atoms. The second kappa shape index (κ2) is 3.04. The summed E-state index contributed by atoms with van der Waals surface area (Å²) in [6, 6.07) is 0. The van der Waals surface area contributed by atoms with Crippen LogP contribution in [0.5, 0.6) is 0 Å². The Morgan fingerprint density at radius 1 is 1.58 bits per heavy atom. The monoisotopic (exact) mass is 164 g/mol. The van der Waals surface area contributed by atoms with E-state index in [2.05, 4.69) is 19.1 Å². The van der Waals surface area contributed by atoms with Gasteiger partial charge in [-0.2, -0.15) is 0 Å². The number of carbonyl (C=O) groups is 1. The van der Waals surface area contributed by atoms with Crippen LogP contribution in [-0.4, -0.2) is 5.78 Å². The maximum atomic E-state index is 11.6. The quantitative estimate of drug-likeness (QED) is 0.573. The number of fused-ring (bicyclic) bond motifs is 1. The fourth-order valence-electron chi connectivity index (χ4n) is 2.59. The molecule has 66 valence electrons. The molecule has 0 radical (unpaired) electrons. The van der Waals surface area contributed by atoms with E-state index in [4.69, 9.17) is 0 Å². The second-order valence-corrected chi connectivity index (χ2v) is 3.99. The van der Waals surface area contributed by atoms with Crippen molar-refractivity contribution < 1.29 is 4.79 Å². The zero-order valence-electron chi connectivity index (χ0n) is 7.62. The molecule has 3 unspecified atom stereocenters. The van der Waals surface area contributed by atoms with Crippen molar-refractivity contribution in [2.75, 3.05) is 0 Å². The van der Waals surface area contributed by atoms with Crippen molar-refractivity contribution in [3.05, 3.63) is 12.2 Å². The average molecular weight is 164 g/mol. The van der Waals surface area contributed by atoms with Crippen molar-refractivity contribution in [1.29, 1.82) is 0 Å². The standard InChI is InChI=1S/C11H16O/c1-2-5-9-8-6-3-4-7-10(8)11(9)12/h3,6,8-10H,2,4-5,7H2,1H3. The van der Waals surface area contributed by atoms with Gasteiger partial charge in [-0.05, 0) is 25.2 Å². The van der Waals surface area contributed by atoms with Gasteiger partial charge < -0.3 is 0 Å². The molecule has 2 rings (SSSR count). The summed E-state index contributed by atoms with van der Waals surface area (Å²) in [5.41, 5.74) is 0. The highest BCUT2D eigenvalue weighted by atomic mass is 16.1. The molecule has 3 atom stereocenters. The molecular formula is C11H16O. The maximum absolute atomic E-state index is 11.6. The molecule has 0 aliphatic heterocycles. The minimum Gasteiger partial charge on any atom is -0.299 e. The minimum absolute atomic E-state index is 0.386. The van der Waals surface area contributed by atoms with Crippen molar-refractivity contribution in [3.63, 3.8) is 0 Å². The Morgan fingerprint density at radius 3 is 3.17 bits per heavy atom. The van der Waals surface area contributed by atoms with E-state index in [1.165, 1.54) is 0 Å². The number of rotatable bonds is 2. The summed E-state index contributed by atoms with van der Waals surface area (Å²) in [5.74, 6) is 1.96. The van der Waals surface area contributed by atoms with E-state index in [0.717, 1.165) is 25.7 Å². The van der Waals surface area contributed by atoms with Crippen molar-refractivity contribution in [2.24, 2.45) is 17.8 Å². The normalized spacial score (nSPS) is 39.1. The SMILES string of the molecule is CCCC1C(=O)C2CCC=CC12. The number of hydrogen-bond donors (Lipinski definition) is 0. The Labute approximate surface area is 73.8 Å². The topological polar surface area (TPSA) is 17.1 Å². The van der Waals surface area contributed by atoms with Crippen molar-refractivity contribution in [1.82, 2.24) is 0 Å². The van der Waals surface area contributed by atoms with Crippen LogP contribution in [-0.2, 0) is 4.79 Å². The zero-order chi connectivity index (χ0) is 8.55. The molecule has 1 saturated carbocycles. The molecular weight excluding hydrogens is 148 g/mol. The van der Waals surface area contributed by atoms with Crippen molar-refractivity contribution in [2.45, 2.75) is 32.6 Å². The van der Waals surface area contributed by atoms with Gasteiger partial charge in [0.2, 0.25) is 0 Å². The molecule has 0 heterocycles. The van der Waals surface area contributed by atoms with E-state index in [-0.39, 0.29) is 0 Å². The molecule has 0 aromatic rings. The number of allylic oxidation sites excluding steroid dienone is 2. The predicted octanol–water partition coefficient (Wildman–Crippen LogP) is 2.57. The Morgan fingerprint density at radius 2 is 2.42 bits per heavy atom. The smallest absolute Gasteiger partial charge is 0.140 e. The number of ketones is 1. The van der Waals surface area contributed by atoms with Crippen molar-refractivity contribution in [3.8, 4) is 0 Å². The van der Waals surface area contributed by atoms with Crippen LogP contribution in [0.25, 0.3) is 0 Å². The molecule has 0 spiro atoms. The van der Waals surface area contributed by atoms with Gasteiger partial charge in [0.1, 0.15) is 5.78 Å². The fourth-order valence-corrected chi connectivity index (χ4v) is 2.59. The lowest BCUT2D eigenvalue weighted by Gasteiger charge is -2.43. The first-order valence-electron chi connectivity index (χ1n) is 5.05. The zero-order valence-corrected chi connectivity index (χ0v) is 7.62. The summed E-state index contributed by atoms with van der Waals surface area (Å²) < 4.78 is 0. The van der Waals surface area contributed by atoms with Gasteiger partial charge in [0.05, 0.1) is 0 Å². The highest BCUT2D eigenvalue weighted by molar-refractivity contribution is 5.90. The van der Waals surface area contributed by atoms with Gasteiger partial charge in [0.15, 0.2) is 0 Å². The van der Waals surface area contributed by atoms with Gasteiger partial charge in [-0.3, -0.25) is 4.79 Å². The van der Waals surface area contributed by atoms with Crippen LogP contribution >= 0.6 is 0 Å². The lowest BCUT2D eigenvalue weighted by atomic mass is 9.59. The fraction of sp³-hybridized carbons (Fsp3) is 0.727. The number of carbonyl (C=O) groups excluding carboxylic acids is 1. The Balaban J connectivity index is 2.04. The van der Waals surface area contributed by atoms with Gasteiger partial charge in [-0.25, -0.2) is 0 Å². The summed E-state index contributed by atoms with van der Waals surface area (Å²) in [6.07, 6.45) is 9.00. The third-order valence-electron chi connectivity index (χ3n) is 3.26. The predicted molar refractivity (Wildman–Crippen MR) is 48.8 cm³/mol. The Bertz CT molecular complexity index is 217. The summed E-state index contributed by atoms with van der Waals surface area (Å²) in [7, 11) is 0. The highest BCUT2D eigenvalue weighted by Gasteiger charge is 2.47. The van der Waals surface area contributed by atoms with E-state index in [1.807, 2.05) is 0 Å². The van der Waals surface area contributed by atoms with Crippen LogP contribution in [0.15, 0.2) is 12.2 Å². The number of hydrogen-bond acceptors (Lipinski definition) is 1. The van der Waals surface area contributed by atoms with Gasteiger partial charge in [0.25, 0.3) is 0 Å². The van der Waals surface area contributed by atoms with E-state index < -0.39 is 0 Å². The first kappa shape index (κ1) is 8.03. The molecule has 0 N–H and O–H groups in total. The van der Waals surface area contributed by atoms with Crippen LogP contribution in [0.2, 0.25) is 0 Å². The summed E-state index contributed by atoms with van der Waals surface area (Å²) in [6.45, 7) is 2.16. The molecule has 0 aromatic carbocycles. The molecule has 0 amide bonds. The van der Waals surface area contributed by atoms with Crippen molar-refractivity contribution >= 4 is 5.78 Å². The molecule has 1 fully saturated rings. The maximum Gasteiger partial charge on any atom is 0.140 e. The lowest BCUT2D eigenvalue weighted by Crippen LogP contribution is -2.47. The lowest BCUT2D eigenvalue weighted by molar-refractivity contribution is -0.141. The average Bonchev–Trinajstić information content (AvgIpc) is 2.13. The highest BCUT2D eigenvalue weighted by Crippen LogP contribution is 2.45. The van der Waals surface area contributed by atoms with Crippen LogP contribution in [0.3, 0.4) is 0 Å². The second-order valence-electron chi connectivity index (χ2n) is 3.99. The summed E-state index contributed by atoms with van der Waals surface area (Å²) >= 11 is 0. The third kappa shape index (κ3) is 1.03. The van der Waals surface area contributed by atoms with E-state index >= 15 is 0 Å². The minimum atomic E-state index is 0.386. The summed E-state index contributed by atoms with van der Waals surface area (Å²) in [4.78, 5) is 11.6. The van der Waals surface area contributed by atoms with E-state index in [9.17, 15) is 4.79 Å². The molecule has 0 saturated heterocycles. The summed E-state index contributed by atoms with van der Waals surface area (Å²) in [5, 5.41) is 0. The first-order valence-corrected chi connectivity index (χ1v) is 5.05. The van der Waals surface area contributed by atoms with Gasteiger partial charge in [-0.1, -0.05) is 25.5 Å². The van der Waals surface area contributed by atoms with Gasteiger partial charge in [-0.15, -0.1) is 0 Å². The molecule has 12 heavy (non-hydrogen) atoms. The Hall–Kier alpha value is -0.590. The van der Waals surface area contributed by atoms with Gasteiger partial charge >= 0.3 is 0 Å². The van der Waals surface area contributed by atoms with Crippen LogP contribution in [0.4, 0.5) is 0 Å². The van der Waals surface area contributed by atoms with Gasteiger partial charge in [0, 0.05) is 11.8 Å². The first-order chi connectivity index (χ1) is 5.84. The molecule has 2 aliphatic rings. The molecule has 2 aliphatic carbocycles.